The van der Waals surface area contributed by atoms with Gasteiger partial charge in [0.2, 0.25) is 5.75 Å². The maximum atomic E-state index is 11.7. The van der Waals surface area contributed by atoms with E-state index < -0.39 is 23.0 Å². The Bertz CT molecular complexity index is 1030. The van der Waals surface area contributed by atoms with Gasteiger partial charge in [0.1, 0.15) is 18.2 Å². The molecule has 0 fully saturated rings. The van der Waals surface area contributed by atoms with Crippen LogP contribution in [0.3, 0.4) is 0 Å². The summed E-state index contributed by atoms with van der Waals surface area (Å²) in [6.07, 6.45) is 0. The van der Waals surface area contributed by atoms with E-state index in [2.05, 4.69) is 9.97 Å². The molecule has 0 unspecified atom stereocenters. The number of carboxylic acids is 1. The standard InChI is InChI=1S/C18H13ClN2O5/c19-12-5-1-3-10(7-12)9-26-13-6-2-4-11(8-13)16-20-14(18(24)25)15(22)17(23)21-16/h1-8,22H,9H2,(H,24,25)(H,20,21,23). The summed E-state index contributed by atoms with van der Waals surface area (Å²) in [6, 6.07) is 13.9. The molecule has 26 heavy (non-hydrogen) atoms. The van der Waals surface area contributed by atoms with E-state index >= 15 is 0 Å². The van der Waals surface area contributed by atoms with E-state index in [0.717, 1.165) is 5.56 Å². The summed E-state index contributed by atoms with van der Waals surface area (Å²) < 4.78 is 5.70. The van der Waals surface area contributed by atoms with Gasteiger partial charge in [-0.3, -0.25) is 4.79 Å². The Hall–Kier alpha value is -3.32. The largest absolute Gasteiger partial charge is 0.501 e. The second-order valence-corrected chi connectivity index (χ2v) is 5.80. The predicted octanol–water partition coefficient (Wildman–Crippen LogP) is 3.07. The highest BCUT2D eigenvalue weighted by Crippen LogP contribution is 2.23. The fraction of sp³-hybridized carbons (Fsp3) is 0.0556. The molecule has 3 rings (SSSR count). The molecular weight excluding hydrogens is 360 g/mol. The molecule has 0 bridgehead atoms. The highest BCUT2D eigenvalue weighted by atomic mass is 35.5. The lowest BCUT2D eigenvalue weighted by Gasteiger charge is -2.09. The summed E-state index contributed by atoms with van der Waals surface area (Å²) in [6.45, 7) is 0.282. The molecule has 0 radical (unpaired) electrons. The number of ether oxygens (including phenoxy) is 1. The first kappa shape index (κ1) is 17.5. The number of halogens is 1. The molecule has 132 valence electrons. The zero-order chi connectivity index (χ0) is 18.7. The van der Waals surface area contributed by atoms with Gasteiger partial charge in [0.05, 0.1) is 0 Å². The second kappa shape index (κ2) is 7.28. The average molecular weight is 373 g/mol. The van der Waals surface area contributed by atoms with Crippen molar-refractivity contribution in [2.75, 3.05) is 0 Å². The van der Waals surface area contributed by atoms with Crippen molar-refractivity contribution < 1.29 is 19.7 Å². The highest BCUT2D eigenvalue weighted by molar-refractivity contribution is 6.30. The lowest BCUT2D eigenvalue weighted by atomic mass is 10.2. The van der Waals surface area contributed by atoms with E-state index in [9.17, 15) is 14.7 Å². The number of carbonyl (C=O) groups is 1. The van der Waals surface area contributed by atoms with Gasteiger partial charge < -0.3 is 19.9 Å². The van der Waals surface area contributed by atoms with Crippen molar-refractivity contribution >= 4 is 17.6 Å². The van der Waals surface area contributed by atoms with Crippen LogP contribution in [-0.2, 0) is 6.61 Å². The van der Waals surface area contributed by atoms with E-state index in [-0.39, 0.29) is 12.4 Å². The number of benzene rings is 2. The molecular formula is C18H13ClN2O5. The van der Waals surface area contributed by atoms with Crippen LogP contribution in [-0.4, -0.2) is 26.2 Å². The van der Waals surface area contributed by atoms with Gasteiger partial charge in [-0.1, -0.05) is 35.9 Å². The van der Waals surface area contributed by atoms with E-state index in [1.165, 1.54) is 0 Å². The molecule has 3 N–H and O–H groups in total. The molecule has 1 heterocycles. The zero-order valence-electron chi connectivity index (χ0n) is 13.3. The smallest absolute Gasteiger partial charge is 0.358 e. The first-order valence-corrected chi connectivity index (χ1v) is 7.86. The number of nitrogens with one attached hydrogen (secondary N) is 1. The van der Waals surface area contributed by atoms with E-state index in [0.29, 0.717) is 16.3 Å². The third-order valence-corrected chi connectivity index (χ3v) is 3.73. The fourth-order valence-electron chi connectivity index (χ4n) is 2.28. The molecule has 0 amide bonds. The van der Waals surface area contributed by atoms with Gasteiger partial charge in [0.15, 0.2) is 5.69 Å². The molecule has 8 heteroatoms. The molecule has 0 atom stereocenters. The van der Waals surface area contributed by atoms with Crippen molar-refractivity contribution in [3.63, 3.8) is 0 Å². The summed E-state index contributed by atoms with van der Waals surface area (Å²) in [7, 11) is 0. The van der Waals surface area contributed by atoms with Crippen LogP contribution in [0.1, 0.15) is 16.1 Å². The van der Waals surface area contributed by atoms with Crippen molar-refractivity contribution in [2.24, 2.45) is 0 Å². The van der Waals surface area contributed by atoms with E-state index in [4.69, 9.17) is 21.4 Å². The molecule has 0 aliphatic rings. The number of hydrogen-bond donors (Lipinski definition) is 3. The van der Waals surface area contributed by atoms with Crippen LogP contribution in [0.25, 0.3) is 11.4 Å². The Morgan fingerprint density at radius 1 is 1.19 bits per heavy atom. The Morgan fingerprint density at radius 2 is 1.96 bits per heavy atom. The van der Waals surface area contributed by atoms with Crippen LogP contribution in [0.2, 0.25) is 5.02 Å². The topological polar surface area (TPSA) is 113 Å². The minimum absolute atomic E-state index is 0.0124. The van der Waals surface area contributed by atoms with E-state index in [1.807, 2.05) is 12.1 Å². The third-order valence-electron chi connectivity index (χ3n) is 3.50. The second-order valence-electron chi connectivity index (χ2n) is 5.36. The van der Waals surface area contributed by atoms with Gasteiger partial charge in [-0.25, -0.2) is 9.78 Å². The summed E-state index contributed by atoms with van der Waals surface area (Å²) in [5.74, 6) is -1.92. The number of hydrogen-bond acceptors (Lipinski definition) is 5. The normalized spacial score (nSPS) is 10.5. The molecule has 0 saturated carbocycles. The number of nitrogens with zero attached hydrogens (tertiary/aromatic N) is 1. The Labute approximate surface area is 152 Å². The van der Waals surface area contributed by atoms with Gasteiger partial charge in [-0.05, 0) is 29.8 Å². The summed E-state index contributed by atoms with van der Waals surface area (Å²) in [5.41, 5.74) is -0.327. The van der Waals surface area contributed by atoms with Crippen molar-refractivity contribution in [1.29, 1.82) is 0 Å². The van der Waals surface area contributed by atoms with Crippen molar-refractivity contribution in [3.8, 4) is 22.9 Å². The Balaban J connectivity index is 1.88. The van der Waals surface area contributed by atoms with Crippen LogP contribution in [0, 0.1) is 0 Å². The summed E-state index contributed by atoms with van der Waals surface area (Å²) in [4.78, 5) is 29.0. The highest BCUT2D eigenvalue weighted by Gasteiger charge is 2.17. The summed E-state index contributed by atoms with van der Waals surface area (Å²) >= 11 is 5.93. The molecule has 1 aromatic heterocycles. The predicted molar refractivity (Wildman–Crippen MR) is 94.7 cm³/mol. The van der Waals surface area contributed by atoms with Crippen LogP contribution in [0.5, 0.6) is 11.5 Å². The van der Waals surface area contributed by atoms with Crippen LogP contribution >= 0.6 is 11.6 Å². The molecule has 3 aromatic rings. The Kier molecular flexibility index (Phi) is 4.90. The number of aromatic amines is 1. The minimum Gasteiger partial charge on any atom is -0.501 e. The molecule has 0 aliphatic heterocycles. The van der Waals surface area contributed by atoms with Crippen LogP contribution in [0.15, 0.2) is 53.3 Å². The number of rotatable bonds is 5. The maximum Gasteiger partial charge on any atom is 0.358 e. The first-order chi connectivity index (χ1) is 12.4. The fourth-order valence-corrected chi connectivity index (χ4v) is 2.49. The molecule has 0 saturated heterocycles. The van der Waals surface area contributed by atoms with Gasteiger partial charge in [-0.15, -0.1) is 0 Å². The lowest BCUT2D eigenvalue weighted by molar-refractivity contribution is 0.0686. The van der Waals surface area contributed by atoms with Gasteiger partial charge in [0.25, 0.3) is 5.56 Å². The quantitative estimate of drug-likeness (QED) is 0.634. The molecule has 0 spiro atoms. The van der Waals surface area contributed by atoms with Crippen LogP contribution in [0.4, 0.5) is 0 Å². The third kappa shape index (κ3) is 3.84. The molecule has 2 aromatic carbocycles. The number of H-pyrrole nitrogens is 1. The van der Waals surface area contributed by atoms with E-state index in [1.54, 1.807) is 36.4 Å². The minimum atomic E-state index is -1.50. The van der Waals surface area contributed by atoms with Crippen LogP contribution < -0.4 is 10.3 Å². The molecule has 7 nitrogen and oxygen atoms in total. The van der Waals surface area contributed by atoms with Crippen molar-refractivity contribution in [3.05, 3.63) is 75.2 Å². The monoisotopic (exact) mass is 372 g/mol. The summed E-state index contributed by atoms with van der Waals surface area (Å²) in [5, 5.41) is 19.1. The maximum absolute atomic E-state index is 11.7. The first-order valence-electron chi connectivity index (χ1n) is 7.48. The Morgan fingerprint density at radius 3 is 2.69 bits per heavy atom. The number of aromatic nitrogens is 2. The SMILES string of the molecule is O=C(O)c1nc(-c2cccc(OCc3cccc(Cl)c3)c2)[nH]c(=O)c1O. The lowest BCUT2D eigenvalue weighted by Crippen LogP contribution is -2.15. The molecule has 0 aliphatic carbocycles. The zero-order valence-corrected chi connectivity index (χ0v) is 14.0. The number of carboxylic acid groups (broad SMARTS) is 1. The van der Waals surface area contributed by atoms with Gasteiger partial charge in [-0.2, -0.15) is 0 Å². The van der Waals surface area contributed by atoms with Gasteiger partial charge in [0, 0.05) is 10.6 Å². The average Bonchev–Trinajstić information content (AvgIpc) is 2.62. The number of aromatic hydroxyl groups is 1. The van der Waals surface area contributed by atoms with Crippen molar-refractivity contribution in [2.45, 2.75) is 6.61 Å². The number of aromatic carboxylic acids is 1. The van der Waals surface area contributed by atoms with Crippen molar-refractivity contribution in [1.82, 2.24) is 9.97 Å². The van der Waals surface area contributed by atoms with Gasteiger partial charge >= 0.3 is 5.97 Å².